The molecule has 0 bridgehead atoms. The molecule has 0 aromatic rings. The van der Waals surface area contributed by atoms with Crippen LogP contribution in [0.2, 0.25) is 0 Å². The molecule has 0 amide bonds. The number of hydrogen-bond acceptors (Lipinski definition) is 5. The first-order valence-corrected chi connectivity index (χ1v) is 4.71. The van der Waals surface area contributed by atoms with Crippen molar-refractivity contribution >= 4 is 23.4 Å². The van der Waals surface area contributed by atoms with Crippen molar-refractivity contribution < 1.29 is 14.7 Å². The van der Waals surface area contributed by atoms with Crippen LogP contribution < -0.4 is 5.32 Å². The van der Waals surface area contributed by atoms with Gasteiger partial charge >= 0.3 is 5.97 Å². The number of rotatable bonds is 3. The second kappa shape index (κ2) is 4.76. The van der Waals surface area contributed by atoms with Crippen LogP contribution in [0, 0.1) is 0 Å². The standard InChI is InChI=1S/C7H10N2O3S/c1-12-9-6(7(10)11)5-4-13-3-2-8-5/h4,8H,2-3H2,1H3,(H,10,11)/b9-6-. The van der Waals surface area contributed by atoms with Crippen LogP contribution in [0.3, 0.4) is 0 Å². The SMILES string of the molecule is CO/N=C(\C(=O)O)C1=CSCCN1. The Labute approximate surface area is 79.8 Å². The number of carbonyl (C=O) groups is 1. The van der Waals surface area contributed by atoms with Crippen molar-refractivity contribution in [1.82, 2.24) is 5.32 Å². The van der Waals surface area contributed by atoms with Gasteiger partial charge in [0.25, 0.3) is 0 Å². The lowest BCUT2D eigenvalue weighted by atomic mass is 10.3. The molecule has 0 aromatic carbocycles. The fourth-order valence-electron chi connectivity index (χ4n) is 0.863. The molecule has 1 aliphatic rings. The molecule has 2 N–H and O–H groups in total. The Morgan fingerprint density at radius 1 is 1.85 bits per heavy atom. The monoisotopic (exact) mass is 202 g/mol. The summed E-state index contributed by atoms with van der Waals surface area (Å²) >= 11 is 1.55. The quantitative estimate of drug-likeness (QED) is 0.507. The summed E-state index contributed by atoms with van der Waals surface area (Å²) in [5.74, 6) is -0.160. The molecule has 0 radical (unpaired) electrons. The molecule has 0 atom stereocenters. The molecule has 0 aromatic heterocycles. The summed E-state index contributed by atoms with van der Waals surface area (Å²) < 4.78 is 0. The van der Waals surface area contributed by atoms with Gasteiger partial charge in [-0.3, -0.25) is 0 Å². The Kier molecular flexibility index (Phi) is 3.63. The van der Waals surface area contributed by atoms with Crippen molar-refractivity contribution in [1.29, 1.82) is 0 Å². The molecular weight excluding hydrogens is 192 g/mol. The van der Waals surface area contributed by atoms with Gasteiger partial charge in [0.15, 0.2) is 0 Å². The van der Waals surface area contributed by atoms with E-state index in [-0.39, 0.29) is 5.71 Å². The third-order valence-corrected chi connectivity index (χ3v) is 2.22. The summed E-state index contributed by atoms with van der Waals surface area (Å²) in [6.07, 6.45) is 0. The van der Waals surface area contributed by atoms with Gasteiger partial charge in [0.2, 0.25) is 5.71 Å². The van der Waals surface area contributed by atoms with E-state index in [1.54, 1.807) is 17.2 Å². The van der Waals surface area contributed by atoms with E-state index in [0.29, 0.717) is 5.70 Å². The van der Waals surface area contributed by atoms with E-state index in [9.17, 15) is 4.79 Å². The maximum absolute atomic E-state index is 10.7. The van der Waals surface area contributed by atoms with Gasteiger partial charge in [0, 0.05) is 12.3 Å². The second-order valence-corrected chi connectivity index (χ2v) is 3.23. The van der Waals surface area contributed by atoms with E-state index in [1.807, 2.05) is 0 Å². The number of nitrogens with one attached hydrogen (secondary N) is 1. The smallest absolute Gasteiger partial charge is 0.360 e. The van der Waals surface area contributed by atoms with Crippen molar-refractivity contribution in [3.63, 3.8) is 0 Å². The van der Waals surface area contributed by atoms with Gasteiger partial charge in [-0.25, -0.2) is 4.79 Å². The molecule has 5 nitrogen and oxygen atoms in total. The van der Waals surface area contributed by atoms with Crippen molar-refractivity contribution in [3.05, 3.63) is 11.1 Å². The minimum atomic E-state index is -1.09. The van der Waals surface area contributed by atoms with Crippen molar-refractivity contribution in [2.45, 2.75) is 0 Å². The Bertz CT molecular complexity index is 262. The summed E-state index contributed by atoms with van der Waals surface area (Å²) in [4.78, 5) is 15.1. The summed E-state index contributed by atoms with van der Waals surface area (Å²) in [5, 5.41) is 16.8. The third kappa shape index (κ3) is 2.66. The topological polar surface area (TPSA) is 70.9 Å². The fraction of sp³-hybridized carbons (Fsp3) is 0.429. The summed E-state index contributed by atoms with van der Waals surface area (Å²) in [7, 11) is 1.32. The van der Waals surface area contributed by atoms with E-state index < -0.39 is 5.97 Å². The predicted molar refractivity (Wildman–Crippen MR) is 50.6 cm³/mol. The zero-order valence-electron chi connectivity index (χ0n) is 7.11. The molecule has 1 heterocycles. The molecule has 1 rings (SSSR count). The normalized spacial score (nSPS) is 17.3. The molecule has 72 valence electrons. The van der Waals surface area contributed by atoms with Crippen molar-refractivity contribution in [2.24, 2.45) is 5.16 Å². The molecule has 1 aliphatic heterocycles. The van der Waals surface area contributed by atoms with Crippen molar-refractivity contribution in [3.8, 4) is 0 Å². The number of thioether (sulfide) groups is 1. The Hall–Kier alpha value is -1.17. The van der Waals surface area contributed by atoms with Gasteiger partial charge in [-0.2, -0.15) is 0 Å². The number of carboxylic acids is 1. The van der Waals surface area contributed by atoms with Crippen LogP contribution in [0.15, 0.2) is 16.3 Å². The van der Waals surface area contributed by atoms with Gasteiger partial charge in [-0.1, -0.05) is 5.16 Å². The molecule has 0 aliphatic carbocycles. The fourth-order valence-corrected chi connectivity index (χ4v) is 1.56. The number of nitrogens with zero attached hydrogens (tertiary/aromatic N) is 1. The van der Waals surface area contributed by atoms with E-state index in [4.69, 9.17) is 5.11 Å². The van der Waals surface area contributed by atoms with Crippen LogP contribution >= 0.6 is 11.8 Å². The zero-order valence-corrected chi connectivity index (χ0v) is 7.93. The van der Waals surface area contributed by atoms with E-state index in [1.165, 1.54) is 7.11 Å². The first-order valence-electron chi connectivity index (χ1n) is 3.66. The second-order valence-electron chi connectivity index (χ2n) is 2.26. The lowest BCUT2D eigenvalue weighted by molar-refractivity contribution is -0.129. The van der Waals surface area contributed by atoms with Gasteiger partial charge in [-0.05, 0) is 5.41 Å². The molecule has 0 saturated carbocycles. The highest BCUT2D eigenvalue weighted by atomic mass is 32.2. The molecule has 0 spiro atoms. The molecule has 13 heavy (non-hydrogen) atoms. The van der Waals surface area contributed by atoms with Crippen LogP contribution in [0.4, 0.5) is 0 Å². The average molecular weight is 202 g/mol. The molecule has 6 heteroatoms. The lowest BCUT2D eigenvalue weighted by Gasteiger charge is -2.13. The molecule has 0 saturated heterocycles. The molecule has 0 fully saturated rings. The Morgan fingerprint density at radius 3 is 3.08 bits per heavy atom. The number of oxime groups is 1. The van der Waals surface area contributed by atoms with Crippen LogP contribution in [0.25, 0.3) is 0 Å². The number of carboxylic acid groups (broad SMARTS) is 1. The Morgan fingerprint density at radius 2 is 2.62 bits per heavy atom. The minimum Gasteiger partial charge on any atom is -0.476 e. The van der Waals surface area contributed by atoms with E-state index in [2.05, 4.69) is 15.3 Å². The zero-order chi connectivity index (χ0) is 9.68. The summed E-state index contributed by atoms with van der Waals surface area (Å²) in [5.41, 5.74) is 0.417. The first kappa shape index (κ1) is 9.91. The van der Waals surface area contributed by atoms with Crippen LogP contribution in [-0.2, 0) is 9.63 Å². The molecule has 0 unspecified atom stereocenters. The van der Waals surface area contributed by atoms with Gasteiger partial charge in [-0.15, -0.1) is 11.8 Å². The average Bonchev–Trinajstić information content (AvgIpc) is 2.15. The highest BCUT2D eigenvalue weighted by Crippen LogP contribution is 2.11. The Balaban J connectivity index is 2.80. The van der Waals surface area contributed by atoms with Crippen LogP contribution in [-0.4, -0.2) is 36.2 Å². The highest BCUT2D eigenvalue weighted by Gasteiger charge is 2.17. The first-order chi connectivity index (χ1) is 6.25. The molecular formula is C7H10N2O3S. The van der Waals surface area contributed by atoms with Crippen LogP contribution in [0.5, 0.6) is 0 Å². The summed E-state index contributed by atoms with van der Waals surface area (Å²) in [6.45, 7) is 0.743. The van der Waals surface area contributed by atoms with Crippen molar-refractivity contribution in [2.75, 3.05) is 19.4 Å². The van der Waals surface area contributed by atoms with Gasteiger partial charge in [0.05, 0.1) is 5.70 Å². The third-order valence-electron chi connectivity index (χ3n) is 1.38. The minimum absolute atomic E-state index is 0.0882. The maximum Gasteiger partial charge on any atom is 0.360 e. The predicted octanol–water partition coefficient (Wildman–Crippen LogP) is 0.251. The van der Waals surface area contributed by atoms with Crippen LogP contribution in [0.1, 0.15) is 0 Å². The highest BCUT2D eigenvalue weighted by molar-refractivity contribution is 8.02. The number of hydrogen-bond donors (Lipinski definition) is 2. The van der Waals surface area contributed by atoms with Gasteiger partial charge in [0.1, 0.15) is 7.11 Å². The van der Waals surface area contributed by atoms with E-state index >= 15 is 0 Å². The largest absolute Gasteiger partial charge is 0.476 e. The number of aliphatic carboxylic acids is 1. The van der Waals surface area contributed by atoms with Gasteiger partial charge < -0.3 is 15.3 Å². The summed E-state index contributed by atoms with van der Waals surface area (Å²) in [6, 6.07) is 0. The lowest BCUT2D eigenvalue weighted by Crippen LogP contribution is -2.30. The van der Waals surface area contributed by atoms with E-state index in [0.717, 1.165) is 12.3 Å². The maximum atomic E-state index is 10.7.